The van der Waals surface area contributed by atoms with Gasteiger partial charge in [-0.2, -0.15) is 0 Å². The van der Waals surface area contributed by atoms with Gasteiger partial charge in [0, 0.05) is 31.1 Å². The summed E-state index contributed by atoms with van der Waals surface area (Å²) in [6.07, 6.45) is 2.04. The largest absolute Gasteiger partial charge is 0.379 e. The van der Waals surface area contributed by atoms with Crippen LogP contribution in [0.25, 0.3) is 10.2 Å². The van der Waals surface area contributed by atoms with Crippen molar-refractivity contribution in [3.05, 3.63) is 39.5 Å². The number of thiazole rings is 1. The minimum absolute atomic E-state index is 0. The number of fused-ring (bicyclic) bond motifs is 1. The molecule has 10 heteroatoms. The standard InChI is InChI=1S/C19H20ClN3O2S3.ClH/c1-26-13-3-2-4-14-17(13)21-19(28-14)23(8-7-22-9-11-25-12-10-22)18(24)15-5-6-16(20)27-15;/h2-6H,7-12H2,1H3;1H. The van der Waals surface area contributed by atoms with Gasteiger partial charge in [-0.15, -0.1) is 35.5 Å². The smallest absolute Gasteiger partial charge is 0.270 e. The molecule has 29 heavy (non-hydrogen) atoms. The van der Waals surface area contributed by atoms with Crippen molar-refractivity contribution >= 4 is 79.7 Å². The quantitative estimate of drug-likeness (QED) is 0.448. The van der Waals surface area contributed by atoms with E-state index >= 15 is 0 Å². The fourth-order valence-electron chi connectivity index (χ4n) is 3.10. The Morgan fingerprint density at radius 2 is 2.07 bits per heavy atom. The van der Waals surface area contributed by atoms with Crippen LogP contribution in [0.2, 0.25) is 4.34 Å². The number of ether oxygens (including phenoxy) is 1. The predicted octanol–water partition coefficient (Wildman–Crippen LogP) is 5.13. The highest BCUT2D eigenvalue weighted by Crippen LogP contribution is 2.35. The van der Waals surface area contributed by atoms with Crippen LogP contribution in [0.3, 0.4) is 0 Å². The first kappa shape index (κ1) is 22.8. The van der Waals surface area contributed by atoms with Crippen LogP contribution in [-0.2, 0) is 4.74 Å². The van der Waals surface area contributed by atoms with E-state index < -0.39 is 0 Å². The molecule has 0 saturated carbocycles. The zero-order valence-corrected chi connectivity index (χ0v) is 19.8. The molecule has 0 radical (unpaired) electrons. The van der Waals surface area contributed by atoms with E-state index in [2.05, 4.69) is 17.0 Å². The highest BCUT2D eigenvalue weighted by atomic mass is 35.5. The lowest BCUT2D eigenvalue weighted by Crippen LogP contribution is -2.43. The number of benzene rings is 1. The Morgan fingerprint density at radius 3 is 2.76 bits per heavy atom. The van der Waals surface area contributed by atoms with E-state index in [-0.39, 0.29) is 18.3 Å². The minimum Gasteiger partial charge on any atom is -0.379 e. The Morgan fingerprint density at radius 1 is 1.28 bits per heavy atom. The van der Waals surface area contributed by atoms with Crippen LogP contribution in [0.1, 0.15) is 9.67 Å². The topological polar surface area (TPSA) is 45.7 Å². The number of amides is 1. The molecule has 1 aliphatic rings. The molecule has 0 aliphatic carbocycles. The lowest BCUT2D eigenvalue weighted by Gasteiger charge is -2.29. The van der Waals surface area contributed by atoms with E-state index in [9.17, 15) is 4.79 Å². The van der Waals surface area contributed by atoms with Gasteiger partial charge in [0.15, 0.2) is 5.13 Å². The first-order chi connectivity index (χ1) is 13.7. The molecular formula is C19H21Cl2N3O2S3. The molecule has 4 rings (SSSR count). The maximum absolute atomic E-state index is 13.3. The second-order valence-corrected chi connectivity index (χ2v) is 9.89. The molecule has 3 heterocycles. The lowest BCUT2D eigenvalue weighted by atomic mass is 10.3. The number of thiophene rings is 1. The van der Waals surface area contributed by atoms with E-state index in [0.29, 0.717) is 15.8 Å². The maximum atomic E-state index is 13.3. The lowest BCUT2D eigenvalue weighted by molar-refractivity contribution is 0.0391. The van der Waals surface area contributed by atoms with Crippen molar-refractivity contribution in [2.75, 3.05) is 50.5 Å². The summed E-state index contributed by atoms with van der Waals surface area (Å²) in [6, 6.07) is 9.72. The number of morpholine rings is 1. The van der Waals surface area contributed by atoms with Crippen molar-refractivity contribution < 1.29 is 9.53 Å². The first-order valence-electron chi connectivity index (χ1n) is 8.96. The van der Waals surface area contributed by atoms with Crippen LogP contribution in [0.5, 0.6) is 0 Å². The van der Waals surface area contributed by atoms with Crippen molar-refractivity contribution in [1.29, 1.82) is 0 Å². The van der Waals surface area contributed by atoms with Crippen LogP contribution in [-0.4, -0.2) is 61.4 Å². The number of hydrogen-bond acceptors (Lipinski definition) is 7. The van der Waals surface area contributed by atoms with Crippen molar-refractivity contribution in [3.8, 4) is 0 Å². The highest BCUT2D eigenvalue weighted by Gasteiger charge is 2.24. The van der Waals surface area contributed by atoms with Gasteiger partial charge in [-0.05, 0) is 30.5 Å². The highest BCUT2D eigenvalue weighted by molar-refractivity contribution is 7.98. The number of hydrogen-bond donors (Lipinski definition) is 0. The molecule has 1 fully saturated rings. The summed E-state index contributed by atoms with van der Waals surface area (Å²) in [5, 5.41) is 0.735. The number of thioether (sulfide) groups is 1. The average Bonchev–Trinajstić information content (AvgIpc) is 3.34. The normalized spacial score (nSPS) is 14.7. The van der Waals surface area contributed by atoms with Gasteiger partial charge in [0.25, 0.3) is 5.91 Å². The van der Waals surface area contributed by atoms with Gasteiger partial charge < -0.3 is 4.74 Å². The van der Waals surface area contributed by atoms with E-state index in [4.69, 9.17) is 21.3 Å². The summed E-state index contributed by atoms with van der Waals surface area (Å²) < 4.78 is 7.14. The molecule has 1 aliphatic heterocycles. The molecule has 0 N–H and O–H groups in total. The Kier molecular flexibility index (Phi) is 8.21. The average molecular weight is 491 g/mol. The summed E-state index contributed by atoms with van der Waals surface area (Å²) in [5.74, 6) is -0.0464. The van der Waals surface area contributed by atoms with Crippen LogP contribution in [0, 0.1) is 0 Å². The Bertz CT molecular complexity index is 973. The Labute approximate surface area is 193 Å². The van der Waals surface area contributed by atoms with Crippen molar-refractivity contribution in [2.24, 2.45) is 0 Å². The van der Waals surface area contributed by atoms with Gasteiger partial charge in [-0.3, -0.25) is 14.6 Å². The molecule has 0 bridgehead atoms. The van der Waals surface area contributed by atoms with E-state index in [1.54, 1.807) is 40.1 Å². The number of nitrogens with zero attached hydrogens (tertiary/aromatic N) is 3. The van der Waals surface area contributed by atoms with Crippen LogP contribution in [0.4, 0.5) is 5.13 Å². The van der Waals surface area contributed by atoms with Gasteiger partial charge in [0.2, 0.25) is 0 Å². The summed E-state index contributed by atoms with van der Waals surface area (Å²) in [7, 11) is 0. The zero-order valence-electron chi connectivity index (χ0n) is 15.8. The predicted molar refractivity (Wildman–Crippen MR) is 127 cm³/mol. The summed E-state index contributed by atoms with van der Waals surface area (Å²) in [4.78, 5) is 24.0. The van der Waals surface area contributed by atoms with Gasteiger partial charge in [-0.1, -0.05) is 29.0 Å². The second-order valence-electron chi connectivity index (χ2n) is 6.32. The minimum atomic E-state index is -0.0464. The summed E-state index contributed by atoms with van der Waals surface area (Å²) in [6.45, 7) is 4.65. The monoisotopic (exact) mass is 489 g/mol. The van der Waals surface area contributed by atoms with E-state index in [1.165, 1.54) is 11.3 Å². The molecule has 3 aromatic rings. The van der Waals surface area contributed by atoms with Gasteiger partial charge in [0.1, 0.15) is 0 Å². The maximum Gasteiger partial charge on any atom is 0.270 e. The molecule has 0 atom stereocenters. The zero-order chi connectivity index (χ0) is 19.5. The third-order valence-electron chi connectivity index (χ3n) is 4.59. The number of carbonyl (C=O) groups is 1. The Balaban J connectivity index is 0.00000240. The van der Waals surface area contributed by atoms with Crippen molar-refractivity contribution in [2.45, 2.75) is 4.90 Å². The van der Waals surface area contributed by atoms with Gasteiger partial charge in [0.05, 0.1) is 32.6 Å². The Hall–Kier alpha value is -0.870. The molecular weight excluding hydrogens is 469 g/mol. The number of rotatable bonds is 6. The molecule has 1 amide bonds. The van der Waals surface area contributed by atoms with Crippen LogP contribution >= 0.6 is 58.4 Å². The van der Waals surface area contributed by atoms with Gasteiger partial charge >= 0.3 is 0 Å². The molecule has 0 unspecified atom stereocenters. The van der Waals surface area contributed by atoms with Crippen LogP contribution in [0.15, 0.2) is 35.2 Å². The summed E-state index contributed by atoms with van der Waals surface area (Å²) >= 11 is 10.6. The number of halogens is 2. The third kappa shape index (κ3) is 5.25. The summed E-state index contributed by atoms with van der Waals surface area (Å²) in [5.41, 5.74) is 0.961. The fourth-order valence-corrected chi connectivity index (χ4v) is 5.74. The number of anilines is 1. The molecule has 2 aromatic heterocycles. The number of para-hydroxylation sites is 1. The third-order valence-corrected chi connectivity index (χ3v) is 7.63. The molecule has 156 valence electrons. The number of carbonyl (C=O) groups excluding carboxylic acids is 1. The van der Waals surface area contributed by atoms with Crippen molar-refractivity contribution in [1.82, 2.24) is 9.88 Å². The molecule has 1 saturated heterocycles. The van der Waals surface area contributed by atoms with Crippen LogP contribution < -0.4 is 4.90 Å². The number of aromatic nitrogens is 1. The fraction of sp³-hybridized carbons (Fsp3) is 0.368. The van der Waals surface area contributed by atoms with E-state index in [1.807, 2.05) is 12.3 Å². The van der Waals surface area contributed by atoms with E-state index in [0.717, 1.165) is 53.1 Å². The molecule has 1 aromatic carbocycles. The van der Waals surface area contributed by atoms with Crippen molar-refractivity contribution in [3.63, 3.8) is 0 Å². The first-order valence-corrected chi connectivity index (χ1v) is 12.2. The SMILES string of the molecule is CSc1cccc2sc(N(CCN3CCOCC3)C(=O)c3ccc(Cl)s3)nc12.Cl. The molecule has 0 spiro atoms. The second kappa shape index (κ2) is 10.4. The molecule has 5 nitrogen and oxygen atoms in total. The van der Waals surface area contributed by atoms with Gasteiger partial charge in [-0.25, -0.2) is 4.98 Å².